The highest BCUT2D eigenvalue weighted by Crippen LogP contribution is 2.31. The summed E-state index contributed by atoms with van der Waals surface area (Å²) in [4.78, 5) is 9.23. The summed E-state index contributed by atoms with van der Waals surface area (Å²) >= 11 is 0. The summed E-state index contributed by atoms with van der Waals surface area (Å²) in [5, 5.41) is 13.2. The Morgan fingerprint density at radius 3 is 1.26 bits per heavy atom. The van der Waals surface area contributed by atoms with Crippen LogP contribution in [0.1, 0.15) is 75.3 Å². The number of rotatable bonds is 6. The van der Waals surface area contributed by atoms with Crippen molar-refractivity contribution in [2.24, 2.45) is 31.7 Å². The first kappa shape index (κ1) is 25.7. The fraction of sp³-hybridized carbons (Fsp3) is 0.400. The molecule has 2 fully saturated rings. The van der Waals surface area contributed by atoms with Gasteiger partial charge in [-0.3, -0.25) is 0 Å². The smallest absolute Gasteiger partial charge is 0.209 e. The van der Waals surface area contributed by atoms with E-state index in [1.165, 1.54) is 38.5 Å². The fourth-order valence-electron chi connectivity index (χ4n) is 5.67. The van der Waals surface area contributed by atoms with E-state index in [2.05, 4.69) is 55.3 Å². The van der Waals surface area contributed by atoms with Crippen molar-refractivity contribution >= 4 is 45.9 Å². The molecule has 0 amide bonds. The zero-order valence-electron chi connectivity index (χ0n) is 21.9. The van der Waals surface area contributed by atoms with Crippen LogP contribution in [0.3, 0.4) is 0 Å². The third-order valence-electron chi connectivity index (χ3n) is 7.55. The van der Waals surface area contributed by atoms with Gasteiger partial charge in [0, 0.05) is 11.1 Å². The molecule has 0 atom stereocenters. The first-order chi connectivity index (χ1) is 18.7. The SMILES string of the molecule is NC(=NC1CCCCC1)NN=Cc1c2ccccc2c(C=NNC(N)=NC2CCCCC2)c2ccccc12. The predicted octanol–water partition coefficient (Wildman–Crippen LogP) is 5.13. The molecule has 0 aromatic heterocycles. The van der Waals surface area contributed by atoms with Crippen LogP contribution in [0.25, 0.3) is 21.5 Å². The average Bonchev–Trinajstić information content (AvgIpc) is 2.95. The van der Waals surface area contributed by atoms with E-state index in [4.69, 9.17) is 11.5 Å². The van der Waals surface area contributed by atoms with Crippen LogP contribution in [0.2, 0.25) is 0 Å². The summed E-state index contributed by atoms with van der Waals surface area (Å²) in [5.74, 6) is 0.730. The normalized spacial score (nSPS) is 18.6. The minimum atomic E-state index is 0.294. The van der Waals surface area contributed by atoms with Gasteiger partial charge >= 0.3 is 0 Å². The number of fused-ring (bicyclic) bond motifs is 2. The van der Waals surface area contributed by atoms with E-state index in [0.29, 0.717) is 24.0 Å². The lowest BCUT2D eigenvalue weighted by atomic mass is 9.92. The van der Waals surface area contributed by atoms with Gasteiger partial charge in [0.1, 0.15) is 0 Å². The van der Waals surface area contributed by atoms with Crippen LogP contribution in [0.5, 0.6) is 0 Å². The van der Waals surface area contributed by atoms with Crippen LogP contribution in [-0.2, 0) is 0 Å². The zero-order valence-corrected chi connectivity index (χ0v) is 21.9. The second-order valence-corrected chi connectivity index (χ2v) is 10.3. The molecule has 0 radical (unpaired) electrons. The molecule has 5 rings (SSSR count). The number of hydrogen-bond donors (Lipinski definition) is 4. The molecule has 0 unspecified atom stereocenters. The monoisotopic (exact) mass is 510 g/mol. The van der Waals surface area contributed by atoms with E-state index in [1.54, 1.807) is 0 Å². The Balaban J connectivity index is 1.41. The molecule has 2 aliphatic rings. The second-order valence-electron chi connectivity index (χ2n) is 10.3. The van der Waals surface area contributed by atoms with E-state index >= 15 is 0 Å². The molecule has 2 saturated carbocycles. The van der Waals surface area contributed by atoms with Gasteiger partial charge in [0.25, 0.3) is 0 Å². The average molecular weight is 511 g/mol. The third kappa shape index (κ3) is 6.30. The maximum Gasteiger partial charge on any atom is 0.209 e. The Labute approximate surface area is 224 Å². The van der Waals surface area contributed by atoms with E-state index in [1.807, 2.05) is 36.7 Å². The lowest BCUT2D eigenvalue weighted by Crippen LogP contribution is -2.30. The Bertz CT molecular complexity index is 1200. The summed E-state index contributed by atoms with van der Waals surface area (Å²) in [5.41, 5.74) is 20.2. The number of nitrogens with one attached hydrogen (secondary N) is 2. The van der Waals surface area contributed by atoms with Crippen molar-refractivity contribution in [2.75, 3.05) is 0 Å². The molecule has 2 aliphatic carbocycles. The molecule has 6 N–H and O–H groups in total. The highest BCUT2D eigenvalue weighted by Gasteiger charge is 2.14. The van der Waals surface area contributed by atoms with Gasteiger partial charge in [-0.05, 0) is 47.2 Å². The Kier molecular flexibility index (Phi) is 8.48. The summed E-state index contributed by atoms with van der Waals surface area (Å²) < 4.78 is 0. The molecule has 0 bridgehead atoms. The maximum atomic E-state index is 6.14. The Hall–Kier alpha value is -3.94. The van der Waals surface area contributed by atoms with Crippen LogP contribution in [-0.4, -0.2) is 36.4 Å². The van der Waals surface area contributed by atoms with Crippen molar-refractivity contribution in [3.63, 3.8) is 0 Å². The van der Waals surface area contributed by atoms with Crippen LogP contribution in [0, 0.1) is 0 Å². The maximum absolute atomic E-state index is 6.14. The molecule has 38 heavy (non-hydrogen) atoms. The van der Waals surface area contributed by atoms with Gasteiger partial charge in [0.15, 0.2) is 0 Å². The van der Waals surface area contributed by atoms with Crippen molar-refractivity contribution in [3.05, 3.63) is 59.7 Å². The molecule has 0 aliphatic heterocycles. The van der Waals surface area contributed by atoms with E-state index in [9.17, 15) is 0 Å². The number of hydrazone groups is 2. The van der Waals surface area contributed by atoms with Crippen molar-refractivity contribution < 1.29 is 0 Å². The minimum Gasteiger partial charge on any atom is -0.369 e. The van der Waals surface area contributed by atoms with Gasteiger partial charge in [0.2, 0.25) is 11.9 Å². The first-order valence-corrected chi connectivity index (χ1v) is 13.9. The van der Waals surface area contributed by atoms with E-state index < -0.39 is 0 Å². The number of hydrogen-bond acceptors (Lipinski definition) is 4. The lowest BCUT2D eigenvalue weighted by molar-refractivity contribution is 0.442. The van der Waals surface area contributed by atoms with Gasteiger partial charge < -0.3 is 11.5 Å². The summed E-state index contributed by atoms with van der Waals surface area (Å²) in [6.07, 6.45) is 15.5. The zero-order chi connectivity index (χ0) is 26.2. The number of nitrogens with two attached hydrogens (primary N) is 2. The molecule has 3 aromatic carbocycles. The summed E-state index contributed by atoms with van der Waals surface area (Å²) in [6, 6.07) is 17.1. The lowest BCUT2D eigenvalue weighted by Gasteiger charge is -2.18. The first-order valence-electron chi connectivity index (χ1n) is 13.9. The molecule has 0 heterocycles. The molecular weight excluding hydrogens is 472 g/mol. The highest BCUT2D eigenvalue weighted by atomic mass is 15.4. The molecule has 0 saturated heterocycles. The molecule has 8 heteroatoms. The van der Waals surface area contributed by atoms with Gasteiger partial charge in [-0.1, -0.05) is 87.1 Å². The fourth-order valence-corrected chi connectivity index (χ4v) is 5.67. The van der Waals surface area contributed by atoms with Crippen LogP contribution in [0.4, 0.5) is 0 Å². The van der Waals surface area contributed by atoms with Gasteiger partial charge in [-0.25, -0.2) is 20.8 Å². The number of aliphatic imine (C=N–C) groups is 2. The molecule has 3 aromatic rings. The molecule has 8 nitrogen and oxygen atoms in total. The minimum absolute atomic E-state index is 0.294. The predicted molar refractivity (Wildman–Crippen MR) is 160 cm³/mol. The van der Waals surface area contributed by atoms with Gasteiger partial charge in [-0.2, -0.15) is 10.2 Å². The second kappa shape index (κ2) is 12.5. The van der Waals surface area contributed by atoms with Crippen molar-refractivity contribution in [2.45, 2.75) is 76.3 Å². The summed E-state index contributed by atoms with van der Waals surface area (Å²) in [6.45, 7) is 0. The van der Waals surface area contributed by atoms with Crippen molar-refractivity contribution in [3.8, 4) is 0 Å². The molecule has 198 valence electrons. The Morgan fingerprint density at radius 1 is 0.579 bits per heavy atom. The van der Waals surface area contributed by atoms with Crippen molar-refractivity contribution in [1.82, 2.24) is 10.9 Å². The van der Waals surface area contributed by atoms with Crippen LogP contribution < -0.4 is 22.3 Å². The number of benzene rings is 3. The standard InChI is InChI=1S/C30H38N8/c31-29(35-21-11-3-1-4-12-21)37-33-19-27-23-15-7-9-17-25(23)28(26-18-10-8-16-24(26)27)20-34-38-30(32)36-22-13-5-2-6-14-22/h7-10,15-22H,1-6,11-14H2,(H3,31,35,37)(H3,32,36,38). The van der Waals surface area contributed by atoms with Gasteiger partial charge in [-0.15, -0.1) is 0 Å². The number of guanidine groups is 2. The highest BCUT2D eigenvalue weighted by molar-refractivity contribution is 6.21. The quantitative estimate of drug-likeness (QED) is 0.159. The van der Waals surface area contributed by atoms with Crippen molar-refractivity contribution in [1.29, 1.82) is 0 Å². The molecular formula is C30H38N8. The largest absolute Gasteiger partial charge is 0.369 e. The third-order valence-corrected chi connectivity index (χ3v) is 7.55. The van der Waals surface area contributed by atoms with E-state index in [-0.39, 0.29) is 0 Å². The van der Waals surface area contributed by atoms with Gasteiger partial charge in [0.05, 0.1) is 24.5 Å². The Morgan fingerprint density at radius 2 is 0.921 bits per heavy atom. The number of nitrogens with zero attached hydrogens (tertiary/aromatic N) is 4. The van der Waals surface area contributed by atoms with E-state index in [0.717, 1.165) is 58.4 Å². The van der Waals surface area contributed by atoms with Crippen LogP contribution >= 0.6 is 0 Å². The summed E-state index contributed by atoms with van der Waals surface area (Å²) in [7, 11) is 0. The topological polar surface area (TPSA) is 126 Å². The van der Waals surface area contributed by atoms with Crippen LogP contribution in [0.15, 0.2) is 68.7 Å². The molecule has 0 spiro atoms.